The molecule has 1 aliphatic rings. The van der Waals surface area contributed by atoms with Crippen molar-refractivity contribution in [2.24, 2.45) is 0 Å². The number of rotatable bonds is 0. The lowest BCUT2D eigenvalue weighted by atomic mass is 10.1. The highest BCUT2D eigenvalue weighted by molar-refractivity contribution is 5.54. The standard InChI is InChI=1S/C10H6N2O/c11-6-8(7-12)9-4-2-1-3-5-10(9)13/h1-5,13H/i1D,4D,5D. The molecule has 1 rings (SSSR count). The van der Waals surface area contributed by atoms with Gasteiger partial charge in [0, 0.05) is 5.57 Å². The van der Waals surface area contributed by atoms with Crippen LogP contribution in [0.4, 0.5) is 0 Å². The van der Waals surface area contributed by atoms with Crippen molar-refractivity contribution in [3.05, 3.63) is 47.2 Å². The molecule has 1 N–H and O–H groups in total. The molecular formula is C10H6N2O. The van der Waals surface area contributed by atoms with Gasteiger partial charge in [0.15, 0.2) is 0 Å². The van der Waals surface area contributed by atoms with Gasteiger partial charge >= 0.3 is 0 Å². The van der Waals surface area contributed by atoms with E-state index >= 15 is 0 Å². The number of hydrogen-bond donors (Lipinski definition) is 1. The van der Waals surface area contributed by atoms with Crippen LogP contribution in [0.5, 0.6) is 0 Å². The summed E-state index contributed by atoms with van der Waals surface area (Å²) in [5.74, 6) is -0.637. The monoisotopic (exact) mass is 173 g/mol. The lowest BCUT2D eigenvalue weighted by Crippen LogP contribution is -1.89. The van der Waals surface area contributed by atoms with E-state index in [4.69, 9.17) is 14.6 Å². The summed E-state index contributed by atoms with van der Waals surface area (Å²) in [6, 6.07) is 2.20. The van der Waals surface area contributed by atoms with E-state index in [1.165, 1.54) is 0 Å². The molecule has 0 aromatic rings. The molecule has 0 saturated heterocycles. The summed E-state index contributed by atoms with van der Waals surface area (Å²) in [4.78, 5) is 0. The SMILES string of the molecule is [2H]C1=CC([2H])=C(O)C(=C(C#N)C#N)C([2H])=C1. The maximum atomic E-state index is 9.58. The zero-order chi connectivity index (χ0) is 12.3. The molecule has 0 unspecified atom stereocenters. The number of allylic oxidation sites excluding steroid dienone is 6. The van der Waals surface area contributed by atoms with Crippen LogP contribution in [0, 0.1) is 22.7 Å². The van der Waals surface area contributed by atoms with Gasteiger partial charge in [0.25, 0.3) is 0 Å². The first-order valence-corrected chi connectivity index (χ1v) is 3.33. The number of nitrogens with zero attached hydrogens (tertiary/aromatic N) is 2. The maximum absolute atomic E-state index is 9.58. The predicted octanol–water partition coefficient (Wildman–Crippen LogP) is 1.90. The fourth-order valence-electron chi connectivity index (χ4n) is 0.733. The largest absolute Gasteiger partial charge is 0.507 e. The lowest BCUT2D eigenvalue weighted by molar-refractivity contribution is 0.426. The molecule has 0 atom stereocenters. The van der Waals surface area contributed by atoms with Crippen molar-refractivity contribution in [3.8, 4) is 12.1 Å². The van der Waals surface area contributed by atoms with E-state index in [0.717, 1.165) is 12.2 Å². The van der Waals surface area contributed by atoms with Crippen molar-refractivity contribution in [1.82, 2.24) is 0 Å². The third-order valence-corrected chi connectivity index (χ3v) is 1.30. The van der Waals surface area contributed by atoms with Gasteiger partial charge in [-0.2, -0.15) is 10.5 Å². The van der Waals surface area contributed by atoms with E-state index in [2.05, 4.69) is 0 Å². The van der Waals surface area contributed by atoms with Crippen molar-refractivity contribution in [2.45, 2.75) is 0 Å². The number of aliphatic hydroxyl groups is 1. The predicted molar refractivity (Wildman–Crippen MR) is 47.2 cm³/mol. The molecule has 0 aromatic heterocycles. The molecule has 0 saturated carbocycles. The van der Waals surface area contributed by atoms with E-state index < -0.39 is 17.4 Å². The molecule has 0 heterocycles. The Morgan fingerprint density at radius 1 is 1.38 bits per heavy atom. The molecular weight excluding hydrogens is 164 g/mol. The molecule has 0 spiro atoms. The Morgan fingerprint density at radius 2 is 2.08 bits per heavy atom. The fourth-order valence-corrected chi connectivity index (χ4v) is 0.733. The average molecular weight is 173 g/mol. The summed E-state index contributed by atoms with van der Waals surface area (Å²) in [5.41, 5.74) is -0.764. The second kappa shape index (κ2) is 3.94. The summed E-state index contributed by atoms with van der Waals surface area (Å²) >= 11 is 0. The smallest absolute Gasteiger partial charge is 0.140 e. The van der Waals surface area contributed by atoms with Gasteiger partial charge in [0.05, 0.1) is 4.11 Å². The third kappa shape index (κ3) is 1.85. The Labute approximate surface area is 80.1 Å². The molecule has 0 aromatic carbocycles. The zero-order valence-electron chi connectivity index (χ0n) is 9.50. The lowest BCUT2D eigenvalue weighted by Gasteiger charge is -1.97. The summed E-state index contributed by atoms with van der Waals surface area (Å²) in [5, 5.41) is 26.9. The third-order valence-electron chi connectivity index (χ3n) is 1.30. The first kappa shape index (κ1) is 5.40. The summed E-state index contributed by atoms with van der Waals surface area (Å²) in [6.07, 6.45) is 2.09. The molecule has 0 amide bonds. The van der Waals surface area contributed by atoms with Crippen LogP contribution in [0.3, 0.4) is 0 Å². The van der Waals surface area contributed by atoms with Crippen LogP contribution in [0.25, 0.3) is 0 Å². The van der Waals surface area contributed by atoms with Crippen LogP contribution < -0.4 is 0 Å². The summed E-state index contributed by atoms with van der Waals surface area (Å²) in [6.45, 7) is 0. The summed E-state index contributed by atoms with van der Waals surface area (Å²) in [7, 11) is 0. The molecule has 3 nitrogen and oxygen atoms in total. The topological polar surface area (TPSA) is 67.8 Å². The zero-order valence-corrected chi connectivity index (χ0v) is 6.50. The quantitative estimate of drug-likeness (QED) is 0.569. The summed E-state index contributed by atoms with van der Waals surface area (Å²) < 4.78 is 22.2. The molecule has 0 fully saturated rings. The minimum atomic E-state index is -0.637. The van der Waals surface area contributed by atoms with Gasteiger partial charge in [0.2, 0.25) is 0 Å². The van der Waals surface area contributed by atoms with Gasteiger partial charge in [-0.15, -0.1) is 0 Å². The minimum absolute atomic E-state index is 0.147. The molecule has 0 radical (unpaired) electrons. The number of aliphatic hydroxyl groups excluding tert-OH is 1. The number of nitriles is 2. The van der Waals surface area contributed by atoms with E-state index in [1.807, 2.05) is 0 Å². The van der Waals surface area contributed by atoms with Gasteiger partial charge in [0.1, 0.15) is 23.5 Å². The molecule has 0 aliphatic heterocycles. The Morgan fingerprint density at radius 3 is 2.69 bits per heavy atom. The molecule has 1 aliphatic carbocycles. The van der Waals surface area contributed by atoms with Crippen molar-refractivity contribution < 1.29 is 9.22 Å². The van der Waals surface area contributed by atoms with E-state index in [-0.39, 0.29) is 17.7 Å². The van der Waals surface area contributed by atoms with Crippen LogP contribution in [0.1, 0.15) is 4.11 Å². The fraction of sp³-hybridized carbons (Fsp3) is 0. The average Bonchev–Trinajstić information content (AvgIpc) is 2.31. The molecule has 62 valence electrons. The van der Waals surface area contributed by atoms with Crippen molar-refractivity contribution >= 4 is 0 Å². The highest BCUT2D eigenvalue weighted by atomic mass is 16.3. The maximum Gasteiger partial charge on any atom is 0.140 e. The van der Waals surface area contributed by atoms with Crippen LogP contribution >= 0.6 is 0 Å². The second-order valence-electron chi connectivity index (χ2n) is 2.07. The highest BCUT2D eigenvalue weighted by Gasteiger charge is 2.07. The van der Waals surface area contributed by atoms with Gasteiger partial charge in [-0.3, -0.25) is 0 Å². The molecule has 0 bridgehead atoms. The van der Waals surface area contributed by atoms with Crippen molar-refractivity contribution in [2.75, 3.05) is 0 Å². The van der Waals surface area contributed by atoms with Crippen LogP contribution in [-0.2, 0) is 0 Å². The normalized spacial score (nSPS) is 19.5. The highest BCUT2D eigenvalue weighted by Crippen LogP contribution is 2.15. The Balaban J connectivity index is 3.61. The van der Waals surface area contributed by atoms with Crippen LogP contribution in [0.2, 0.25) is 0 Å². The van der Waals surface area contributed by atoms with Gasteiger partial charge in [-0.05, 0) is 12.1 Å². The van der Waals surface area contributed by atoms with Crippen LogP contribution in [0.15, 0.2) is 47.2 Å². The first-order valence-electron chi connectivity index (χ1n) is 4.83. The molecule has 3 heteroatoms. The van der Waals surface area contributed by atoms with E-state index in [0.29, 0.717) is 0 Å². The second-order valence-corrected chi connectivity index (χ2v) is 2.07. The van der Waals surface area contributed by atoms with Crippen LogP contribution in [-0.4, -0.2) is 5.11 Å². The molecule has 13 heavy (non-hydrogen) atoms. The van der Waals surface area contributed by atoms with E-state index in [1.54, 1.807) is 12.1 Å². The Kier molecular flexibility index (Phi) is 1.64. The Bertz CT molecular complexity index is 525. The van der Waals surface area contributed by atoms with E-state index in [9.17, 15) is 5.11 Å². The minimum Gasteiger partial charge on any atom is -0.507 e. The van der Waals surface area contributed by atoms with Gasteiger partial charge < -0.3 is 5.11 Å². The first-order chi connectivity index (χ1) is 7.51. The van der Waals surface area contributed by atoms with Gasteiger partial charge in [-0.25, -0.2) is 0 Å². The number of hydrogen-bond acceptors (Lipinski definition) is 3. The Hall–Kier alpha value is -2.26. The van der Waals surface area contributed by atoms with Crippen molar-refractivity contribution in [3.63, 3.8) is 0 Å². The van der Waals surface area contributed by atoms with Crippen molar-refractivity contribution in [1.29, 1.82) is 10.5 Å². The van der Waals surface area contributed by atoms with Gasteiger partial charge in [-0.1, -0.05) is 18.2 Å².